The van der Waals surface area contributed by atoms with E-state index < -0.39 is 34.2 Å². The topological polar surface area (TPSA) is 109 Å². The first-order valence-electron chi connectivity index (χ1n) is 5.37. The molecule has 0 bridgehead atoms. The van der Waals surface area contributed by atoms with Crippen molar-refractivity contribution in [3.8, 4) is 0 Å². The van der Waals surface area contributed by atoms with Gasteiger partial charge in [0.1, 0.15) is 0 Å². The Morgan fingerprint density at radius 3 is 2.44 bits per heavy atom. The molecule has 0 saturated heterocycles. The summed E-state index contributed by atoms with van der Waals surface area (Å²) in [6.07, 6.45) is -0.413. The number of nitrogens with one attached hydrogen (secondary N) is 1. The number of hydrogen-bond donors (Lipinski definition) is 3. The van der Waals surface area contributed by atoms with E-state index >= 15 is 0 Å². The van der Waals surface area contributed by atoms with Crippen molar-refractivity contribution >= 4 is 21.7 Å². The second-order valence-corrected chi connectivity index (χ2v) is 5.84. The monoisotopic (exact) mass is 272 g/mol. The molecular formula is C11H16N2O4S. The van der Waals surface area contributed by atoms with Crippen LogP contribution in [0.3, 0.4) is 0 Å². The van der Waals surface area contributed by atoms with Gasteiger partial charge in [-0.3, -0.25) is 4.79 Å². The van der Waals surface area contributed by atoms with Crippen LogP contribution in [0.5, 0.6) is 0 Å². The van der Waals surface area contributed by atoms with E-state index in [-0.39, 0.29) is 0 Å². The van der Waals surface area contributed by atoms with Crippen molar-refractivity contribution in [3.05, 3.63) is 29.8 Å². The predicted molar refractivity (Wildman–Crippen MR) is 68.4 cm³/mol. The average Bonchev–Trinajstić information content (AvgIpc) is 2.27. The minimum atomic E-state index is -3.60. The van der Waals surface area contributed by atoms with Crippen molar-refractivity contribution in [1.29, 1.82) is 0 Å². The molecule has 0 saturated carbocycles. The molecule has 0 aromatic heterocycles. The van der Waals surface area contributed by atoms with Crippen LogP contribution in [0.15, 0.2) is 24.3 Å². The summed E-state index contributed by atoms with van der Waals surface area (Å²) in [4.78, 5) is 10.3. The molecule has 1 aromatic rings. The molecule has 1 aromatic carbocycles. The molecule has 4 N–H and O–H groups in total. The number of rotatable bonds is 6. The number of nitrogen functional groups attached to an aromatic ring is 1. The summed E-state index contributed by atoms with van der Waals surface area (Å²) in [7, 11) is -3.60. The van der Waals surface area contributed by atoms with E-state index in [4.69, 9.17) is 10.8 Å². The Morgan fingerprint density at radius 1 is 1.39 bits per heavy atom. The zero-order valence-electron chi connectivity index (χ0n) is 9.96. The number of nitrogens with two attached hydrogens (primary N) is 1. The molecule has 0 spiro atoms. The molecule has 6 nitrogen and oxygen atoms in total. The van der Waals surface area contributed by atoms with Crippen molar-refractivity contribution < 1.29 is 18.3 Å². The third-order valence-electron chi connectivity index (χ3n) is 2.38. The SMILES string of the molecule is CC(NS(=O)(=O)CCC(=O)O)c1ccc(N)cc1. The summed E-state index contributed by atoms with van der Waals surface area (Å²) in [6.45, 7) is 1.68. The minimum Gasteiger partial charge on any atom is -0.481 e. The average molecular weight is 272 g/mol. The molecular weight excluding hydrogens is 256 g/mol. The fourth-order valence-corrected chi connectivity index (χ4v) is 2.64. The number of carboxylic acids is 1. The van der Waals surface area contributed by atoms with Crippen LogP contribution >= 0.6 is 0 Å². The van der Waals surface area contributed by atoms with Crippen molar-refractivity contribution in [3.63, 3.8) is 0 Å². The Bertz CT molecular complexity index is 510. The van der Waals surface area contributed by atoms with Gasteiger partial charge in [-0.05, 0) is 24.6 Å². The summed E-state index contributed by atoms with van der Waals surface area (Å²) in [5.41, 5.74) is 6.89. The number of benzene rings is 1. The Morgan fingerprint density at radius 2 is 1.94 bits per heavy atom. The van der Waals surface area contributed by atoms with E-state index in [2.05, 4.69) is 4.72 Å². The molecule has 7 heteroatoms. The van der Waals surface area contributed by atoms with Gasteiger partial charge in [0, 0.05) is 11.7 Å². The molecule has 0 aliphatic carbocycles. The zero-order chi connectivity index (χ0) is 13.8. The van der Waals surface area contributed by atoms with Crippen molar-refractivity contribution in [2.45, 2.75) is 19.4 Å². The van der Waals surface area contributed by atoms with E-state index in [1.165, 1.54) is 0 Å². The maximum Gasteiger partial charge on any atom is 0.304 e. The first-order chi connectivity index (χ1) is 8.30. The first-order valence-corrected chi connectivity index (χ1v) is 7.02. The van der Waals surface area contributed by atoms with Crippen LogP contribution < -0.4 is 10.5 Å². The van der Waals surface area contributed by atoms with Gasteiger partial charge >= 0.3 is 5.97 Å². The van der Waals surface area contributed by atoms with E-state index in [1.54, 1.807) is 31.2 Å². The van der Waals surface area contributed by atoms with Gasteiger partial charge in [-0.2, -0.15) is 0 Å². The molecule has 18 heavy (non-hydrogen) atoms. The Balaban J connectivity index is 2.66. The second-order valence-electron chi connectivity index (χ2n) is 3.97. The smallest absolute Gasteiger partial charge is 0.304 e. The fourth-order valence-electron chi connectivity index (χ4n) is 1.40. The van der Waals surface area contributed by atoms with E-state index in [9.17, 15) is 13.2 Å². The summed E-state index contributed by atoms with van der Waals surface area (Å²) >= 11 is 0. The Kier molecular flexibility index (Phi) is 4.69. The van der Waals surface area contributed by atoms with E-state index in [0.29, 0.717) is 5.69 Å². The summed E-state index contributed by atoms with van der Waals surface area (Å²) in [5.74, 6) is -1.57. The standard InChI is InChI=1S/C11H16N2O4S/c1-8(9-2-4-10(12)5-3-9)13-18(16,17)7-6-11(14)15/h2-5,8,13H,6-7,12H2,1H3,(H,14,15). The molecule has 1 atom stereocenters. The highest BCUT2D eigenvalue weighted by Gasteiger charge is 2.16. The first kappa shape index (κ1) is 14.5. The lowest BCUT2D eigenvalue weighted by molar-refractivity contribution is -0.136. The largest absolute Gasteiger partial charge is 0.481 e. The number of hydrogen-bond acceptors (Lipinski definition) is 4. The normalized spacial score (nSPS) is 13.2. The molecule has 0 aliphatic heterocycles. The van der Waals surface area contributed by atoms with Crippen molar-refractivity contribution in [1.82, 2.24) is 4.72 Å². The van der Waals surface area contributed by atoms with Gasteiger partial charge in [-0.1, -0.05) is 12.1 Å². The number of anilines is 1. The minimum absolute atomic E-state index is 0.413. The summed E-state index contributed by atoms with van der Waals surface area (Å²) in [5, 5.41) is 8.45. The van der Waals surface area contributed by atoms with Crippen molar-refractivity contribution in [2.24, 2.45) is 0 Å². The van der Waals surface area contributed by atoms with Gasteiger partial charge in [-0.15, -0.1) is 0 Å². The van der Waals surface area contributed by atoms with Crippen LogP contribution in [0.25, 0.3) is 0 Å². The van der Waals surface area contributed by atoms with E-state index in [1.807, 2.05) is 0 Å². The lowest BCUT2D eigenvalue weighted by Gasteiger charge is -2.14. The highest BCUT2D eigenvalue weighted by Crippen LogP contribution is 2.15. The molecule has 1 unspecified atom stereocenters. The lowest BCUT2D eigenvalue weighted by atomic mass is 10.1. The molecule has 0 amide bonds. The van der Waals surface area contributed by atoms with Gasteiger partial charge in [0.2, 0.25) is 10.0 Å². The number of sulfonamides is 1. The predicted octanol–water partition coefficient (Wildman–Crippen LogP) is 0.724. The molecule has 0 radical (unpaired) electrons. The highest BCUT2D eigenvalue weighted by molar-refractivity contribution is 7.89. The number of carboxylic acid groups (broad SMARTS) is 1. The van der Waals surface area contributed by atoms with Gasteiger partial charge in [0.05, 0.1) is 12.2 Å². The van der Waals surface area contributed by atoms with Crippen LogP contribution in [0, 0.1) is 0 Å². The van der Waals surface area contributed by atoms with Gasteiger partial charge in [-0.25, -0.2) is 13.1 Å². The summed E-state index contributed by atoms with van der Waals surface area (Å²) < 4.78 is 25.6. The van der Waals surface area contributed by atoms with Crippen LogP contribution in [-0.2, 0) is 14.8 Å². The third kappa shape index (κ3) is 4.72. The fraction of sp³-hybridized carbons (Fsp3) is 0.364. The van der Waals surface area contributed by atoms with Gasteiger partial charge in [0.15, 0.2) is 0 Å². The van der Waals surface area contributed by atoms with Crippen LogP contribution in [0.1, 0.15) is 24.9 Å². The number of aliphatic carboxylic acids is 1. The van der Waals surface area contributed by atoms with Crippen LogP contribution in [-0.4, -0.2) is 25.2 Å². The lowest BCUT2D eigenvalue weighted by Crippen LogP contribution is -2.30. The van der Waals surface area contributed by atoms with Gasteiger partial charge in [0.25, 0.3) is 0 Å². The maximum absolute atomic E-state index is 11.6. The van der Waals surface area contributed by atoms with Crippen LogP contribution in [0.4, 0.5) is 5.69 Å². The Hall–Kier alpha value is -1.60. The van der Waals surface area contributed by atoms with Crippen LogP contribution in [0.2, 0.25) is 0 Å². The van der Waals surface area contributed by atoms with Crippen molar-refractivity contribution in [2.75, 3.05) is 11.5 Å². The number of carbonyl (C=O) groups is 1. The second kappa shape index (κ2) is 5.83. The zero-order valence-corrected chi connectivity index (χ0v) is 10.8. The molecule has 0 fully saturated rings. The molecule has 0 aliphatic rings. The quantitative estimate of drug-likeness (QED) is 0.661. The highest BCUT2D eigenvalue weighted by atomic mass is 32.2. The molecule has 0 heterocycles. The molecule has 1 rings (SSSR count). The Labute approximate surface area is 106 Å². The molecule has 100 valence electrons. The van der Waals surface area contributed by atoms with Gasteiger partial charge < -0.3 is 10.8 Å². The summed E-state index contributed by atoms with van der Waals surface area (Å²) in [6, 6.07) is 6.37. The third-order valence-corrected chi connectivity index (χ3v) is 3.83. The maximum atomic E-state index is 11.6. The van der Waals surface area contributed by atoms with E-state index in [0.717, 1.165) is 5.56 Å².